The van der Waals surface area contributed by atoms with E-state index in [2.05, 4.69) is 26.4 Å². The first-order chi connectivity index (χ1) is 9.45. The van der Waals surface area contributed by atoms with Crippen LogP contribution in [-0.4, -0.2) is 5.16 Å². The Morgan fingerprint density at radius 2 is 2.15 bits per heavy atom. The highest BCUT2D eigenvalue weighted by Crippen LogP contribution is 2.30. The molecule has 1 aromatic carbocycles. The largest absolute Gasteiger partial charge is 0.376 e. The van der Waals surface area contributed by atoms with Gasteiger partial charge in [-0.2, -0.15) is 5.26 Å². The Labute approximate surface area is 124 Å². The minimum Gasteiger partial charge on any atom is -0.376 e. The lowest BCUT2D eigenvalue weighted by Crippen LogP contribution is -2.10. The molecule has 4 nitrogen and oxygen atoms in total. The van der Waals surface area contributed by atoms with Crippen LogP contribution in [0.15, 0.2) is 21.1 Å². The Bertz CT molecular complexity index is 671. The molecule has 0 radical (unpaired) electrons. The lowest BCUT2D eigenvalue weighted by molar-refractivity contribution is 0.392. The van der Waals surface area contributed by atoms with Gasteiger partial charge >= 0.3 is 0 Å². The van der Waals surface area contributed by atoms with Gasteiger partial charge in [-0.1, -0.05) is 5.16 Å². The fourth-order valence-electron chi connectivity index (χ4n) is 2.16. The van der Waals surface area contributed by atoms with Crippen molar-refractivity contribution in [1.82, 2.24) is 5.16 Å². The molecule has 0 saturated heterocycles. The second-order valence-corrected chi connectivity index (χ2v) is 5.30. The average molecular weight is 338 g/mol. The highest BCUT2D eigenvalue weighted by Gasteiger charge is 2.19. The van der Waals surface area contributed by atoms with Crippen LogP contribution in [0.5, 0.6) is 0 Å². The van der Waals surface area contributed by atoms with Crippen molar-refractivity contribution in [2.24, 2.45) is 0 Å². The molecular weight excluding hydrogens is 325 g/mol. The number of benzene rings is 1. The lowest BCUT2D eigenvalue weighted by atomic mass is 10.1. The van der Waals surface area contributed by atoms with E-state index in [9.17, 15) is 4.39 Å². The summed E-state index contributed by atoms with van der Waals surface area (Å²) in [5, 5.41) is 15.8. The number of hydrogen-bond donors (Lipinski definition) is 1. The van der Waals surface area contributed by atoms with Crippen LogP contribution in [-0.2, 0) is 0 Å². The molecule has 1 unspecified atom stereocenters. The minimum absolute atomic E-state index is 0.157. The van der Waals surface area contributed by atoms with Crippen molar-refractivity contribution in [3.05, 3.63) is 45.0 Å². The molecule has 1 atom stereocenters. The predicted octanol–water partition coefficient (Wildman–Crippen LogP) is 4.24. The zero-order valence-electron chi connectivity index (χ0n) is 11.3. The van der Waals surface area contributed by atoms with Gasteiger partial charge in [0, 0.05) is 5.56 Å². The first kappa shape index (κ1) is 14.5. The van der Waals surface area contributed by atoms with E-state index in [1.165, 1.54) is 0 Å². The van der Waals surface area contributed by atoms with Gasteiger partial charge in [0.15, 0.2) is 5.82 Å². The average Bonchev–Trinajstić information content (AvgIpc) is 2.75. The maximum atomic E-state index is 14.2. The van der Waals surface area contributed by atoms with Crippen molar-refractivity contribution in [3.63, 3.8) is 0 Å². The van der Waals surface area contributed by atoms with Gasteiger partial charge in [0.2, 0.25) is 0 Å². The summed E-state index contributed by atoms with van der Waals surface area (Å²) in [6.07, 6.45) is 0. The van der Waals surface area contributed by atoms with Crippen molar-refractivity contribution in [1.29, 1.82) is 5.26 Å². The number of nitrogens with zero attached hydrogens (tertiary/aromatic N) is 2. The molecule has 0 spiro atoms. The van der Waals surface area contributed by atoms with Gasteiger partial charge in [-0.3, -0.25) is 0 Å². The fraction of sp³-hybridized carbons (Fsp3) is 0.286. The number of rotatable bonds is 3. The summed E-state index contributed by atoms with van der Waals surface area (Å²) in [6, 6.07) is 4.88. The molecule has 1 N–H and O–H groups in total. The summed E-state index contributed by atoms with van der Waals surface area (Å²) in [5.41, 5.74) is 2.27. The molecule has 0 bridgehead atoms. The SMILES string of the molecule is Cc1noc(C)c1C(C)Nc1ccc(C#N)c(Br)c1F. The molecule has 2 aromatic rings. The zero-order chi connectivity index (χ0) is 14.9. The third-order valence-corrected chi connectivity index (χ3v) is 3.87. The number of nitriles is 1. The highest BCUT2D eigenvalue weighted by atomic mass is 79.9. The van der Waals surface area contributed by atoms with Gasteiger partial charge in [0.25, 0.3) is 0 Å². The molecule has 0 aliphatic carbocycles. The minimum atomic E-state index is -0.484. The van der Waals surface area contributed by atoms with Gasteiger partial charge in [-0.15, -0.1) is 0 Å². The Balaban J connectivity index is 2.32. The van der Waals surface area contributed by atoms with E-state index in [4.69, 9.17) is 9.78 Å². The lowest BCUT2D eigenvalue weighted by Gasteiger charge is -2.16. The van der Waals surface area contributed by atoms with Crippen LogP contribution in [0.25, 0.3) is 0 Å². The van der Waals surface area contributed by atoms with Crippen LogP contribution in [0.3, 0.4) is 0 Å². The smallest absolute Gasteiger partial charge is 0.161 e. The zero-order valence-corrected chi connectivity index (χ0v) is 12.9. The van der Waals surface area contributed by atoms with E-state index in [-0.39, 0.29) is 16.1 Å². The van der Waals surface area contributed by atoms with Crippen molar-refractivity contribution < 1.29 is 8.91 Å². The van der Waals surface area contributed by atoms with E-state index in [0.717, 1.165) is 11.3 Å². The molecule has 0 amide bonds. The number of halogens is 2. The van der Waals surface area contributed by atoms with E-state index < -0.39 is 5.82 Å². The van der Waals surface area contributed by atoms with Gasteiger partial charge in [-0.05, 0) is 48.8 Å². The third-order valence-electron chi connectivity index (χ3n) is 3.10. The molecule has 1 aromatic heterocycles. The Morgan fingerprint density at radius 3 is 2.70 bits per heavy atom. The first-order valence-electron chi connectivity index (χ1n) is 6.03. The van der Waals surface area contributed by atoms with Crippen molar-refractivity contribution >= 4 is 21.6 Å². The van der Waals surface area contributed by atoms with E-state index >= 15 is 0 Å². The second-order valence-electron chi connectivity index (χ2n) is 4.50. The number of anilines is 1. The van der Waals surface area contributed by atoms with Crippen LogP contribution in [0, 0.1) is 31.0 Å². The molecule has 6 heteroatoms. The third kappa shape index (κ3) is 2.54. The maximum absolute atomic E-state index is 14.2. The highest BCUT2D eigenvalue weighted by molar-refractivity contribution is 9.10. The fourth-order valence-corrected chi connectivity index (χ4v) is 2.60. The molecule has 2 rings (SSSR count). The standard InChI is InChI=1S/C14H13BrFN3O/c1-7(12-8(2)19-20-9(12)3)18-11-5-4-10(6-17)13(15)14(11)16/h4-5,7,18H,1-3H3. The quantitative estimate of drug-likeness (QED) is 0.909. The van der Waals surface area contributed by atoms with Crippen LogP contribution in [0.4, 0.5) is 10.1 Å². The normalized spacial score (nSPS) is 12.0. The van der Waals surface area contributed by atoms with Crippen LogP contribution < -0.4 is 5.32 Å². The number of aromatic nitrogens is 1. The second kappa shape index (κ2) is 5.63. The van der Waals surface area contributed by atoms with Crippen molar-refractivity contribution in [2.45, 2.75) is 26.8 Å². The first-order valence-corrected chi connectivity index (χ1v) is 6.82. The molecule has 0 fully saturated rings. The monoisotopic (exact) mass is 337 g/mol. The number of hydrogen-bond acceptors (Lipinski definition) is 4. The molecule has 1 heterocycles. The summed E-state index contributed by atoms with van der Waals surface area (Å²) < 4.78 is 19.4. The van der Waals surface area contributed by atoms with Crippen LogP contribution in [0.2, 0.25) is 0 Å². The summed E-state index contributed by atoms with van der Waals surface area (Å²) in [6.45, 7) is 5.56. The van der Waals surface area contributed by atoms with Crippen molar-refractivity contribution in [2.75, 3.05) is 5.32 Å². The van der Waals surface area contributed by atoms with E-state index in [1.54, 1.807) is 12.1 Å². The molecule has 0 saturated carbocycles. The Kier molecular flexibility index (Phi) is 4.09. The van der Waals surface area contributed by atoms with E-state index in [1.807, 2.05) is 26.8 Å². The maximum Gasteiger partial charge on any atom is 0.161 e. The van der Waals surface area contributed by atoms with Crippen LogP contribution >= 0.6 is 15.9 Å². The predicted molar refractivity (Wildman–Crippen MR) is 76.8 cm³/mol. The summed E-state index contributed by atoms with van der Waals surface area (Å²) in [5.74, 6) is 0.221. The number of nitrogens with one attached hydrogen (secondary N) is 1. The molecule has 0 aliphatic rings. The molecule has 20 heavy (non-hydrogen) atoms. The van der Waals surface area contributed by atoms with Gasteiger partial charge in [0.05, 0.1) is 27.5 Å². The van der Waals surface area contributed by atoms with Gasteiger partial charge in [0.1, 0.15) is 11.8 Å². The van der Waals surface area contributed by atoms with E-state index in [0.29, 0.717) is 11.4 Å². The molecule has 0 aliphatic heterocycles. The van der Waals surface area contributed by atoms with Crippen LogP contribution in [0.1, 0.15) is 35.5 Å². The topological polar surface area (TPSA) is 61.9 Å². The summed E-state index contributed by atoms with van der Waals surface area (Å²) in [7, 11) is 0. The van der Waals surface area contributed by atoms with Crippen molar-refractivity contribution in [3.8, 4) is 6.07 Å². The van der Waals surface area contributed by atoms with Gasteiger partial charge in [-0.25, -0.2) is 4.39 Å². The number of aryl methyl sites for hydroxylation is 2. The Morgan fingerprint density at radius 1 is 1.45 bits per heavy atom. The summed E-state index contributed by atoms with van der Waals surface area (Å²) in [4.78, 5) is 0. The van der Waals surface area contributed by atoms with Gasteiger partial charge < -0.3 is 9.84 Å². The summed E-state index contributed by atoms with van der Waals surface area (Å²) >= 11 is 3.09. The molecular formula is C14H13BrFN3O. The Hall–Kier alpha value is -1.87. The molecule has 104 valence electrons.